The molecule has 0 atom stereocenters. The molecule has 0 aliphatic heterocycles. The predicted molar refractivity (Wildman–Crippen MR) is 133 cm³/mol. The first-order chi connectivity index (χ1) is 16.0. The number of nitrogens with one attached hydrogen (secondary N) is 1. The molecule has 162 valence electrons. The number of carbonyl (C=O) groups is 1. The molecule has 0 saturated carbocycles. The van der Waals surface area contributed by atoms with Crippen molar-refractivity contribution >= 4 is 34.2 Å². The fourth-order valence-electron chi connectivity index (χ4n) is 3.84. The minimum Gasteiger partial charge on any atom is -0.322 e. The number of pyridine rings is 1. The zero-order chi connectivity index (χ0) is 22.9. The average molecular weight is 453 g/mol. The largest absolute Gasteiger partial charge is 0.322 e. The van der Waals surface area contributed by atoms with E-state index in [1.807, 2.05) is 92.7 Å². The molecular weight excluding hydrogens is 432 g/mol. The molecule has 2 heterocycles. The minimum absolute atomic E-state index is 0.241. The summed E-state index contributed by atoms with van der Waals surface area (Å²) in [6.45, 7) is 3.82. The summed E-state index contributed by atoms with van der Waals surface area (Å²) < 4.78 is 1.79. The highest BCUT2D eigenvalue weighted by atomic mass is 35.5. The maximum absolute atomic E-state index is 13.5. The molecule has 1 amide bonds. The molecule has 0 saturated heterocycles. The SMILES string of the molecule is Cc1ccc(NC(=O)c2cc(-c3ccccc3)nc3c2c(C)nn3-c2ccccc2)cc1Cl. The van der Waals surface area contributed by atoms with Crippen molar-refractivity contribution in [2.45, 2.75) is 13.8 Å². The quantitative estimate of drug-likeness (QED) is 0.333. The van der Waals surface area contributed by atoms with Gasteiger partial charge in [-0.25, -0.2) is 9.67 Å². The van der Waals surface area contributed by atoms with Gasteiger partial charge in [0, 0.05) is 16.3 Å². The lowest BCUT2D eigenvalue weighted by atomic mass is 10.0. The molecule has 0 fully saturated rings. The van der Waals surface area contributed by atoms with Gasteiger partial charge in [-0.1, -0.05) is 66.2 Å². The van der Waals surface area contributed by atoms with Crippen molar-refractivity contribution in [3.63, 3.8) is 0 Å². The summed E-state index contributed by atoms with van der Waals surface area (Å²) in [5.74, 6) is -0.241. The summed E-state index contributed by atoms with van der Waals surface area (Å²) in [6, 6.07) is 26.9. The molecule has 0 radical (unpaired) electrons. The number of rotatable bonds is 4. The first kappa shape index (κ1) is 20.9. The van der Waals surface area contributed by atoms with Gasteiger partial charge in [-0.3, -0.25) is 4.79 Å². The number of aryl methyl sites for hydroxylation is 2. The Morgan fingerprint density at radius 2 is 1.61 bits per heavy atom. The number of amides is 1. The van der Waals surface area contributed by atoms with Crippen LogP contribution in [0.5, 0.6) is 0 Å². The van der Waals surface area contributed by atoms with Gasteiger partial charge in [0.15, 0.2) is 5.65 Å². The van der Waals surface area contributed by atoms with Gasteiger partial charge in [-0.2, -0.15) is 5.10 Å². The van der Waals surface area contributed by atoms with Gasteiger partial charge in [0.25, 0.3) is 5.91 Å². The molecule has 0 spiro atoms. The van der Waals surface area contributed by atoms with Crippen LogP contribution in [0.1, 0.15) is 21.6 Å². The summed E-state index contributed by atoms with van der Waals surface area (Å²) >= 11 is 6.27. The lowest BCUT2D eigenvalue weighted by Gasteiger charge is -2.11. The molecule has 0 bridgehead atoms. The highest BCUT2D eigenvalue weighted by Crippen LogP contribution is 2.30. The standard InChI is InChI=1S/C27H21ClN4O/c1-17-13-14-20(15-23(17)28)29-27(33)22-16-24(19-9-5-3-6-10-19)30-26-25(22)18(2)31-32(26)21-11-7-4-8-12-21/h3-16H,1-2H3,(H,29,33). The van der Waals surface area contributed by atoms with Crippen molar-refractivity contribution in [3.8, 4) is 16.9 Å². The topological polar surface area (TPSA) is 59.8 Å². The molecule has 3 aromatic carbocycles. The molecule has 1 N–H and O–H groups in total. The molecule has 33 heavy (non-hydrogen) atoms. The second-order valence-corrected chi connectivity index (χ2v) is 8.28. The Morgan fingerprint density at radius 1 is 0.909 bits per heavy atom. The number of hydrogen-bond acceptors (Lipinski definition) is 3. The Balaban J connectivity index is 1.70. The maximum atomic E-state index is 13.5. The smallest absolute Gasteiger partial charge is 0.256 e. The van der Waals surface area contributed by atoms with Crippen molar-refractivity contribution in [1.29, 1.82) is 0 Å². The monoisotopic (exact) mass is 452 g/mol. The molecule has 0 aliphatic carbocycles. The zero-order valence-electron chi connectivity index (χ0n) is 18.2. The number of fused-ring (bicyclic) bond motifs is 1. The highest BCUT2D eigenvalue weighted by molar-refractivity contribution is 6.31. The van der Waals surface area contributed by atoms with Crippen LogP contribution in [0.25, 0.3) is 28.0 Å². The van der Waals surface area contributed by atoms with Crippen LogP contribution in [0.2, 0.25) is 5.02 Å². The Hall–Kier alpha value is -3.96. The number of para-hydroxylation sites is 1. The number of benzene rings is 3. The lowest BCUT2D eigenvalue weighted by molar-refractivity contribution is 0.102. The Labute approximate surface area is 196 Å². The van der Waals surface area contributed by atoms with Crippen LogP contribution in [-0.4, -0.2) is 20.7 Å². The summed E-state index contributed by atoms with van der Waals surface area (Å²) in [7, 11) is 0. The number of aromatic nitrogens is 3. The summed E-state index contributed by atoms with van der Waals surface area (Å²) in [6.07, 6.45) is 0. The fourth-order valence-corrected chi connectivity index (χ4v) is 4.02. The maximum Gasteiger partial charge on any atom is 0.256 e. The van der Waals surface area contributed by atoms with E-state index in [-0.39, 0.29) is 5.91 Å². The van der Waals surface area contributed by atoms with Gasteiger partial charge < -0.3 is 5.32 Å². The van der Waals surface area contributed by atoms with Crippen LogP contribution in [0, 0.1) is 13.8 Å². The summed E-state index contributed by atoms with van der Waals surface area (Å²) in [5, 5.41) is 9.03. The molecule has 6 heteroatoms. The van der Waals surface area contributed by atoms with Crippen LogP contribution in [0.3, 0.4) is 0 Å². The minimum atomic E-state index is -0.241. The Kier molecular flexibility index (Phi) is 5.40. The third-order valence-corrected chi connectivity index (χ3v) is 5.96. The van der Waals surface area contributed by atoms with Gasteiger partial charge in [0.1, 0.15) is 0 Å². The van der Waals surface area contributed by atoms with Gasteiger partial charge in [-0.05, 0) is 49.7 Å². The van der Waals surface area contributed by atoms with Gasteiger partial charge >= 0.3 is 0 Å². The predicted octanol–water partition coefficient (Wildman–Crippen LogP) is 6.61. The van der Waals surface area contributed by atoms with Crippen LogP contribution in [0.4, 0.5) is 5.69 Å². The van der Waals surface area contributed by atoms with E-state index in [0.717, 1.165) is 22.5 Å². The normalized spacial score (nSPS) is 11.0. The van der Waals surface area contributed by atoms with Crippen LogP contribution >= 0.6 is 11.6 Å². The Bertz CT molecular complexity index is 1480. The van der Waals surface area contributed by atoms with Crippen molar-refractivity contribution < 1.29 is 4.79 Å². The highest BCUT2D eigenvalue weighted by Gasteiger charge is 2.21. The van der Waals surface area contributed by atoms with Crippen molar-refractivity contribution in [2.75, 3.05) is 5.32 Å². The zero-order valence-corrected chi connectivity index (χ0v) is 19.0. The third-order valence-electron chi connectivity index (χ3n) is 5.56. The number of nitrogens with zero attached hydrogens (tertiary/aromatic N) is 3. The molecule has 5 rings (SSSR count). The van der Waals surface area contributed by atoms with E-state index in [9.17, 15) is 4.79 Å². The van der Waals surface area contributed by atoms with Crippen molar-refractivity contribution in [2.24, 2.45) is 0 Å². The van der Waals surface area contributed by atoms with E-state index in [1.165, 1.54) is 0 Å². The van der Waals surface area contributed by atoms with Crippen LogP contribution < -0.4 is 5.32 Å². The van der Waals surface area contributed by atoms with E-state index in [4.69, 9.17) is 21.7 Å². The lowest BCUT2D eigenvalue weighted by Crippen LogP contribution is -2.13. The van der Waals surface area contributed by atoms with Gasteiger partial charge in [-0.15, -0.1) is 0 Å². The van der Waals surface area contributed by atoms with Crippen molar-refractivity contribution in [1.82, 2.24) is 14.8 Å². The van der Waals surface area contributed by atoms with E-state index >= 15 is 0 Å². The number of carbonyl (C=O) groups excluding carboxylic acids is 1. The molecule has 0 aliphatic rings. The molecule has 5 aromatic rings. The van der Waals surface area contributed by atoms with Crippen LogP contribution in [0.15, 0.2) is 84.9 Å². The Morgan fingerprint density at radius 3 is 2.30 bits per heavy atom. The van der Waals surface area contributed by atoms with Gasteiger partial charge in [0.2, 0.25) is 0 Å². The first-order valence-electron chi connectivity index (χ1n) is 10.6. The number of hydrogen-bond donors (Lipinski definition) is 1. The summed E-state index contributed by atoms with van der Waals surface area (Å²) in [4.78, 5) is 18.4. The van der Waals surface area contributed by atoms with E-state index in [1.54, 1.807) is 10.7 Å². The average Bonchev–Trinajstić information content (AvgIpc) is 3.18. The molecular formula is C27H21ClN4O. The van der Waals surface area contributed by atoms with Crippen molar-refractivity contribution in [3.05, 3.63) is 107 Å². The molecule has 5 nitrogen and oxygen atoms in total. The number of halogens is 1. The van der Waals surface area contributed by atoms with Crippen LogP contribution in [-0.2, 0) is 0 Å². The first-order valence-corrected chi connectivity index (χ1v) is 11.0. The molecule has 2 aromatic heterocycles. The second-order valence-electron chi connectivity index (χ2n) is 7.87. The van der Waals surface area contributed by atoms with E-state index < -0.39 is 0 Å². The molecule has 0 unspecified atom stereocenters. The summed E-state index contributed by atoms with van der Waals surface area (Å²) in [5.41, 5.74) is 5.96. The third kappa shape index (κ3) is 3.99. The van der Waals surface area contributed by atoms with E-state index in [0.29, 0.717) is 33.0 Å². The fraction of sp³-hybridized carbons (Fsp3) is 0.0741. The number of anilines is 1. The second kappa shape index (κ2) is 8.52. The van der Waals surface area contributed by atoms with Gasteiger partial charge in [0.05, 0.1) is 28.0 Å². The van der Waals surface area contributed by atoms with E-state index in [2.05, 4.69) is 5.32 Å².